The van der Waals surface area contributed by atoms with Crippen LogP contribution >= 0.6 is 0 Å². The Kier molecular flexibility index (Phi) is 4.54. The zero-order chi connectivity index (χ0) is 13.0. The number of piperidine rings is 1. The monoisotopic (exact) mass is 255 g/mol. The van der Waals surface area contributed by atoms with E-state index in [0.29, 0.717) is 13.0 Å². The number of carbonyl (C=O) groups is 2. The molecule has 0 aromatic heterocycles. The summed E-state index contributed by atoms with van der Waals surface area (Å²) in [6, 6.07) is 0.284. The van der Waals surface area contributed by atoms with Crippen molar-refractivity contribution >= 4 is 11.8 Å². The van der Waals surface area contributed by atoms with Crippen molar-refractivity contribution in [3.8, 4) is 0 Å². The molecule has 2 amide bonds. The lowest BCUT2D eigenvalue weighted by molar-refractivity contribution is -0.143. The topological polar surface area (TPSA) is 90.5 Å². The van der Waals surface area contributed by atoms with Gasteiger partial charge in [-0.3, -0.25) is 15.0 Å². The summed E-state index contributed by atoms with van der Waals surface area (Å²) in [6.07, 6.45) is 5.20. The van der Waals surface area contributed by atoms with E-state index in [4.69, 9.17) is 0 Å². The zero-order valence-electron chi connectivity index (χ0n) is 10.4. The molecule has 0 radical (unpaired) electrons. The van der Waals surface area contributed by atoms with Crippen molar-refractivity contribution in [2.75, 3.05) is 6.54 Å². The van der Waals surface area contributed by atoms with Gasteiger partial charge in [0.1, 0.15) is 5.92 Å². The fourth-order valence-corrected chi connectivity index (χ4v) is 2.59. The molecule has 2 aliphatic rings. The van der Waals surface area contributed by atoms with Crippen LogP contribution < -0.4 is 16.2 Å². The average Bonchev–Trinajstić information content (AvgIpc) is 2.37. The second-order valence-electron chi connectivity index (χ2n) is 5.09. The summed E-state index contributed by atoms with van der Waals surface area (Å²) in [5.74, 6) is -1.82. The van der Waals surface area contributed by atoms with E-state index < -0.39 is 23.8 Å². The van der Waals surface area contributed by atoms with E-state index in [0.717, 1.165) is 12.8 Å². The first kappa shape index (κ1) is 13.3. The Morgan fingerprint density at radius 3 is 2.61 bits per heavy atom. The van der Waals surface area contributed by atoms with Gasteiger partial charge in [0.05, 0.1) is 6.10 Å². The molecule has 1 saturated heterocycles. The van der Waals surface area contributed by atoms with Gasteiger partial charge >= 0.3 is 0 Å². The summed E-state index contributed by atoms with van der Waals surface area (Å²) in [4.78, 5) is 23.4. The van der Waals surface area contributed by atoms with E-state index in [1.54, 1.807) is 0 Å². The van der Waals surface area contributed by atoms with E-state index in [1.165, 1.54) is 19.3 Å². The van der Waals surface area contributed by atoms with Gasteiger partial charge < -0.3 is 10.4 Å². The summed E-state index contributed by atoms with van der Waals surface area (Å²) in [5.41, 5.74) is 5.54. The van der Waals surface area contributed by atoms with Crippen molar-refractivity contribution in [3.05, 3.63) is 0 Å². The van der Waals surface area contributed by atoms with Crippen LogP contribution in [-0.2, 0) is 9.59 Å². The third-order valence-electron chi connectivity index (χ3n) is 3.69. The van der Waals surface area contributed by atoms with Crippen LogP contribution in [0.1, 0.15) is 38.5 Å². The van der Waals surface area contributed by atoms with Crippen LogP contribution in [-0.4, -0.2) is 35.6 Å². The lowest BCUT2D eigenvalue weighted by Gasteiger charge is -2.28. The Labute approximate surface area is 106 Å². The second-order valence-corrected chi connectivity index (χ2v) is 5.09. The third kappa shape index (κ3) is 3.20. The third-order valence-corrected chi connectivity index (χ3v) is 3.69. The van der Waals surface area contributed by atoms with Gasteiger partial charge in [-0.2, -0.15) is 0 Å². The molecule has 6 nitrogen and oxygen atoms in total. The fourth-order valence-electron chi connectivity index (χ4n) is 2.59. The van der Waals surface area contributed by atoms with Gasteiger partial charge in [0.25, 0.3) is 0 Å². The van der Waals surface area contributed by atoms with Crippen LogP contribution in [0.15, 0.2) is 0 Å². The number of nitrogens with one attached hydrogen (secondary N) is 3. The Balaban J connectivity index is 1.80. The largest absolute Gasteiger partial charge is 0.392 e. The van der Waals surface area contributed by atoms with Crippen molar-refractivity contribution in [1.82, 2.24) is 16.2 Å². The number of hydrogen-bond acceptors (Lipinski definition) is 4. The number of aliphatic hydroxyl groups is 1. The quantitative estimate of drug-likeness (QED) is 0.402. The Morgan fingerprint density at radius 2 is 1.94 bits per heavy atom. The van der Waals surface area contributed by atoms with E-state index >= 15 is 0 Å². The number of carbonyl (C=O) groups excluding carboxylic acids is 2. The Hall–Kier alpha value is -1.14. The van der Waals surface area contributed by atoms with Crippen molar-refractivity contribution < 1.29 is 14.7 Å². The van der Waals surface area contributed by atoms with Gasteiger partial charge in [-0.15, -0.1) is 0 Å². The minimum atomic E-state index is -0.991. The molecule has 1 aliphatic carbocycles. The number of hydrogen-bond donors (Lipinski definition) is 4. The van der Waals surface area contributed by atoms with Crippen LogP contribution in [0.3, 0.4) is 0 Å². The Bertz CT molecular complexity index is 316. The smallest absolute Gasteiger partial charge is 0.249 e. The first-order valence-corrected chi connectivity index (χ1v) is 6.69. The number of hydrazine groups is 1. The van der Waals surface area contributed by atoms with E-state index in [1.807, 2.05) is 0 Å². The molecular formula is C12H21N3O3. The van der Waals surface area contributed by atoms with Gasteiger partial charge in [0.2, 0.25) is 11.8 Å². The average molecular weight is 255 g/mol. The molecule has 1 aliphatic heterocycles. The summed E-state index contributed by atoms with van der Waals surface area (Å²) in [5, 5.41) is 12.3. The highest BCUT2D eigenvalue weighted by atomic mass is 16.3. The first-order valence-electron chi connectivity index (χ1n) is 6.69. The van der Waals surface area contributed by atoms with Crippen molar-refractivity contribution in [3.63, 3.8) is 0 Å². The zero-order valence-corrected chi connectivity index (χ0v) is 10.4. The van der Waals surface area contributed by atoms with E-state index in [9.17, 15) is 14.7 Å². The van der Waals surface area contributed by atoms with Crippen LogP contribution in [0.5, 0.6) is 0 Å². The number of amides is 2. The van der Waals surface area contributed by atoms with Gasteiger partial charge in [0, 0.05) is 12.6 Å². The van der Waals surface area contributed by atoms with Gasteiger partial charge in [-0.1, -0.05) is 19.3 Å². The standard InChI is InChI=1S/C12H21N3O3/c16-9-6-7-13-11(17)10(9)12(18)15-14-8-4-2-1-3-5-8/h8-10,14,16H,1-7H2,(H,13,17)(H,15,18). The molecule has 0 aromatic rings. The van der Waals surface area contributed by atoms with Crippen LogP contribution in [0.2, 0.25) is 0 Å². The van der Waals surface area contributed by atoms with Crippen LogP contribution in [0, 0.1) is 5.92 Å². The molecule has 2 fully saturated rings. The molecule has 2 unspecified atom stereocenters. The van der Waals surface area contributed by atoms with Crippen LogP contribution in [0.4, 0.5) is 0 Å². The SMILES string of the molecule is O=C1NCCC(O)C1C(=O)NNC1CCCCC1. The molecule has 18 heavy (non-hydrogen) atoms. The molecule has 1 heterocycles. The van der Waals surface area contributed by atoms with Crippen molar-refractivity contribution in [2.45, 2.75) is 50.7 Å². The van der Waals surface area contributed by atoms with E-state index in [2.05, 4.69) is 16.2 Å². The number of rotatable bonds is 3. The fraction of sp³-hybridized carbons (Fsp3) is 0.833. The van der Waals surface area contributed by atoms with Gasteiger partial charge in [0.15, 0.2) is 0 Å². The molecule has 2 rings (SSSR count). The normalized spacial score (nSPS) is 29.7. The lowest BCUT2D eigenvalue weighted by Crippen LogP contribution is -2.56. The highest BCUT2D eigenvalue weighted by Crippen LogP contribution is 2.17. The van der Waals surface area contributed by atoms with Gasteiger partial charge in [-0.05, 0) is 19.3 Å². The molecule has 0 bridgehead atoms. The summed E-state index contributed by atoms with van der Waals surface area (Å²) >= 11 is 0. The first-order chi connectivity index (χ1) is 8.68. The van der Waals surface area contributed by atoms with Crippen molar-refractivity contribution in [1.29, 1.82) is 0 Å². The summed E-state index contributed by atoms with van der Waals surface area (Å²) < 4.78 is 0. The molecule has 0 spiro atoms. The van der Waals surface area contributed by atoms with Crippen molar-refractivity contribution in [2.24, 2.45) is 5.92 Å². The van der Waals surface area contributed by atoms with Gasteiger partial charge in [-0.25, -0.2) is 5.43 Å². The maximum absolute atomic E-state index is 11.9. The molecule has 4 N–H and O–H groups in total. The molecule has 1 saturated carbocycles. The summed E-state index contributed by atoms with van der Waals surface area (Å²) in [6.45, 7) is 0.430. The maximum Gasteiger partial charge on any atom is 0.249 e. The second kappa shape index (κ2) is 6.15. The minimum Gasteiger partial charge on any atom is -0.392 e. The van der Waals surface area contributed by atoms with Crippen LogP contribution in [0.25, 0.3) is 0 Å². The lowest BCUT2D eigenvalue weighted by atomic mass is 9.94. The molecule has 6 heteroatoms. The predicted molar refractivity (Wildman–Crippen MR) is 65.3 cm³/mol. The molecular weight excluding hydrogens is 234 g/mol. The Morgan fingerprint density at radius 1 is 1.22 bits per heavy atom. The highest BCUT2D eigenvalue weighted by molar-refractivity contribution is 6.01. The molecule has 2 atom stereocenters. The number of aliphatic hydroxyl groups excluding tert-OH is 1. The molecule has 0 aromatic carbocycles. The minimum absolute atomic E-state index is 0.284. The van der Waals surface area contributed by atoms with E-state index in [-0.39, 0.29) is 6.04 Å². The summed E-state index contributed by atoms with van der Waals surface area (Å²) in [7, 11) is 0. The predicted octanol–water partition coefficient (Wildman–Crippen LogP) is -0.563. The molecule has 102 valence electrons. The maximum atomic E-state index is 11.9. The highest BCUT2D eigenvalue weighted by Gasteiger charge is 2.36.